The SMILES string of the molecule is CC[C@H](c1cc(F)ccc1Cl)n1ccc(C)n1. The lowest BCUT2D eigenvalue weighted by Gasteiger charge is -2.17. The van der Waals surface area contributed by atoms with Crippen LogP contribution in [0.2, 0.25) is 5.02 Å². The van der Waals surface area contributed by atoms with Crippen molar-refractivity contribution in [2.45, 2.75) is 26.3 Å². The van der Waals surface area contributed by atoms with Gasteiger partial charge in [0.05, 0.1) is 11.7 Å². The Morgan fingerprint density at radius 2 is 2.18 bits per heavy atom. The molecule has 1 atom stereocenters. The third-order valence-corrected chi connectivity index (χ3v) is 3.11. The standard InChI is InChI=1S/C13H14ClFN2/c1-3-13(17-7-6-9(2)16-17)11-8-10(15)4-5-12(11)14/h4-8,13H,3H2,1-2H3/t13-/m1/s1. The van der Waals surface area contributed by atoms with Gasteiger partial charge in [-0.3, -0.25) is 4.68 Å². The van der Waals surface area contributed by atoms with Crippen molar-refractivity contribution in [1.82, 2.24) is 9.78 Å². The summed E-state index contributed by atoms with van der Waals surface area (Å²) in [5.74, 6) is -0.272. The molecule has 1 heterocycles. The minimum Gasteiger partial charge on any atom is -0.265 e. The van der Waals surface area contributed by atoms with Gasteiger partial charge in [0.1, 0.15) is 5.82 Å². The summed E-state index contributed by atoms with van der Waals surface area (Å²) in [6.07, 6.45) is 2.70. The molecule has 2 rings (SSSR count). The predicted molar refractivity (Wildman–Crippen MR) is 66.8 cm³/mol. The molecule has 90 valence electrons. The van der Waals surface area contributed by atoms with Crippen LogP contribution >= 0.6 is 11.6 Å². The zero-order valence-electron chi connectivity index (χ0n) is 9.82. The van der Waals surface area contributed by atoms with Crippen LogP contribution in [0.1, 0.15) is 30.6 Å². The Labute approximate surface area is 105 Å². The molecule has 1 aromatic carbocycles. The third kappa shape index (κ3) is 2.50. The van der Waals surface area contributed by atoms with Crippen molar-refractivity contribution in [2.24, 2.45) is 0 Å². The first kappa shape index (κ1) is 12.1. The van der Waals surface area contributed by atoms with Gasteiger partial charge in [-0.1, -0.05) is 18.5 Å². The van der Waals surface area contributed by atoms with E-state index in [9.17, 15) is 4.39 Å². The fraction of sp³-hybridized carbons (Fsp3) is 0.308. The maximum atomic E-state index is 13.3. The molecule has 0 spiro atoms. The van der Waals surface area contributed by atoms with Crippen LogP contribution in [0.5, 0.6) is 0 Å². The molecule has 0 saturated heterocycles. The highest BCUT2D eigenvalue weighted by molar-refractivity contribution is 6.31. The lowest BCUT2D eigenvalue weighted by atomic mass is 10.0. The van der Waals surface area contributed by atoms with Crippen molar-refractivity contribution in [1.29, 1.82) is 0 Å². The summed E-state index contributed by atoms with van der Waals surface area (Å²) in [4.78, 5) is 0. The van der Waals surface area contributed by atoms with Gasteiger partial charge in [0.25, 0.3) is 0 Å². The highest BCUT2D eigenvalue weighted by Gasteiger charge is 2.16. The van der Waals surface area contributed by atoms with E-state index in [-0.39, 0.29) is 11.9 Å². The Morgan fingerprint density at radius 3 is 2.76 bits per heavy atom. The molecule has 4 heteroatoms. The number of hydrogen-bond donors (Lipinski definition) is 0. The second kappa shape index (κ2) is 4.88. The predicted octanol–water partition coefficient (Wildman–Crippen LogP) is 3.98. The van der Waals surface area contributed by atoms with E-state index < -0.39 is 0 Å². The van der Waals surface area contributed by atoms with Crippen LogP contribution in [-0.2, 0) is 0 Å². The van der Waals surface area contributed by atoms with E-state index in [4.69, 9.17) is 11.6 Å². The van der Waals surface area contributed by atoms with Crippen LogP contribution in [-0.4, -0.2) is 9.78 Å². The maximum Gasteiger partial charge on any atom is 0.123 e. The first-order valence-electron chi connectivity index (χ1n) is 5.58. The van der Waals surface area contributed by atoms with Crippen LogP contribution in [0.25, 0.3) is 0 Å². The Bertz CT molecular complexity index is 522. The van der Waals surface area contributed by atoms with E-state index in [0.717, 1.165) is 17.7 Å². The topological polar surface area (TPSA) is 17.8 Å². The van der Waals surface area contributed by atoms with Gasteiger partial charge in [-0.15, -0.1) is 0 Å². The molecule has 0 fully saturated rings. The third-order valence-electron chi connectivity index (χ3n) is 2.76. The number of halogens is 2. The summed E-state index contributed by atoms with van der Waals surface area (Å²) in [6, 6.07) is 6.34. The zero-order chi connectivity index (χ0) is 12.4. The molecule has 1 aromatic heterocycles. The van der Waals surface area contributed by atoms with Crippen molar-refractivity contribution >= 4 is 11.6 Å². The maximum absolute atomic E-state index is 13.3. The molecular weight excluding hydrogens is 239 g/mol. The van der Waals surface area contributed by atoms with E-state index in [1.54, 1.807) is 6.07 Å². The Morgan fingerprint density at radius 1 is 1.41 bits per heavy atom. The molecule has 0 aliphatic carbocycles. The second-order valence-corrected chi connectivity index (χ2v) is 4.43. The van der Waals surface area contributed by atoms with Crippen LogP contribution in [0.15, 0.2) is 30.5 Å². The zero-order valence-corrected chi connectivity index (χ0v) is 10.6. The van der Waals surface area contributed by atoms with Gasteiger partial charge in [0, 0.05) is 11.2 Å². The molecule has 0 unspecified atom stereocenters. The number of aromatic nitrogens is 2. The number of benzene rings is 1. The van der Waals surface area contributed by atoms with E-state index in [1.807, 2.05) is 30.8 Å². The fourth-order valence-electron chi connectivity index (χ4n) is 1.93. The molecule has 0 aliphatic heterocycles. The van der Waals surface area contributed by atoms with Crippen LogP contribution in [0, 0.1) is 12.7 Å². The average Bonchev–Trinajstić information content (AvgIpc) is 2.71. The van der Waals surface area contributed by atoms with E-state index >= 15 is 0 Å². The van der Waals surface area contributed by atoms with Crippen LogP contribution in [0.3, 0.4) is 0 Å². The normalized spacial score (nSPS) is 12.7. The Balaban J connectivity index is 2.45. The van der Waals surface area contributed by atoms with Crippen molar-refractivity contribution < 1.29 is 4.39 Å². The summed E-state index contributed by atoms with van der Waals surface area (Å²) >= 11 is 6.12. The molecule has 0 bridgehead atoms. The second-order valence-electron chi connectivity index (χ2n) is 4.03. The van der Waals surface area contributed by atoms with E-state index in [1.165, 1.54) is 12.1 Å². The van der Waals surface area contributed by atoms with Gasteiger partial charge in [-0.05, 0) is 43.2 Å². The minimum atomic E-state index is -0.272. The highest BCUT2D eigenvalue weighted by atomic mass is 35.5. The molecule has 17 heavy (non-hydrogen) atoms. The monoisotopic (exact) mass is 252 g/mol. The van der Waals surface area contributed by atoms with Crippen LogP contribution in [0.4, 0.5) is 4.39 Å². The molecule has 2 aromatic rings. The van der Waals surface area contributed by atoms with Crippen molar-refractivity contribution in [3.8, 4) is 0 Å². The van der Waals surface area contributed by atoms with E-state index in [0.29, 0.717) is 5.02 Å². The summed E-state index contributed by atoms with van der Waals surface area (Å²) in [7, 11) is 0. The van der Waals surface area contributed by atoms with Gasteiger partial charge in [0.15, 0.2) is 0 Å². The first-order valence-corrected chi connectivity index (χ1v) is 5.96. The summed E-state index contributed by atoms with van der Waals surface area (Å²) < 4.78 is 15.1. The van der Waals surface area contributed by atoms with Gasteiger partial charge >= 0.3 is 0 Å². The smallest absolute Gasteiger partial charge is 0.123 e. The van der Waals surface area contributed by atoms with Gasteiger partial charge < -0.3 is 0 Å². The average molecular weight is 253 g/mol. The molecule has 0 saturated carbocycles. The Kier molecular flexibility index (Phi) is 3.48. The number of aryl methyl sites for hydroxylation is 1. The summed E-state index contributed by atoms with van der Waals surface area (Å²) in [5, 5.41) is 4.94. The van der Waals surface area contributed by atoms with Crippen molar-refractivity contribution in [2.75, 3.05) is 0 Å². The lowest BCUT2D eigenvalue weighted by Crippen LogP contribution is -2.11. The lowest BCUT2D eigenvalue weighted by molar-refractivity contribution is 0.502. The van der Waals surface area contributed by atoms with Crippen molar-refractivity contribution in [3.05, 3.63) is 52.6 Å². The van der Waals surface area contributed by atoms with Gasteiger partial charge in [0.2, 0.25) is 0 Å². The van der Waals surface area contributed by atoms with Gasteiger partial charge in [-0.25, -0.2) is 4.39 Å². The molecule has 2 nitrogen and oxygen atoms in total. The molecular formula is C13H14ClFN2. The molecule has 0 radical (unpaired) electrons. The minimum absolute atomic E-state index is 0.0214. The number of hydrogen-bond acceptors (Lipinski definition) is 1. The highest BCUT2D eigenvalue weighted by Crippen LogP contribution is 2.28. The molecule has 0 amide bonds. The quantitative estimate of drug-likeness (QED) is 0.808. The van der Waals surface area contributed by atoms with Crippen molar-refractivity contribution in [3.63, 3.8) is 0 Å². The summed E-state index contributed by atoms with van der Waals surface area (Å²) in [6.45, 7) is 3.96. The van der Waals surface area contributed by atoms with E-state index in [2.05, 4.69) is 5.10 Å². The number of rotatable bonds is 3. The van der Waals surface area contributed by atoms with Gasteiger partial charge in [-0.2, -0.15) is 5.10 Å². The first-order chi connectivity index (χ1) is 8.11. The summed E-state index contributed by atoms with van der Waals surface area (Å²) in [5.41, 5.74) is 1.72. The largest absolute Gasteiger partial charge is 0.265 e. The van der Waals surface area contributed by atoms with Crippen LogP contribution < -0.4 is 0 Å². The number of nitrogens with zero attached hydrogens (tertiary/aromatic N) is 2. The Hall–Kier alpha value is -1.35. The molecule has 0 N–H and O–H groups in total. The molecule has 0 aliphatic rings. The fourth-order valence-corrected chi connectivity index (χ4v) is 2.17.